The van der Waals surface area contributed by atoms with E-state index >= 15 is 0 Å². The number of fused-ring (bicyclic) bond motifs is 1. The van der Waals surface area contributed by atoms with Crippen LogP contribution in [0.5, 0.6) is 0 Å². The van der Waals surface area contributed by atoms with E-state index in [1.54, 1.807) is 54.7 Å². The number of anilines is 2. The fourth-order valence-electron chi connectivity index (χ4n) is 4.01. The van der Waals surface area contributed by atoms with Gasteiger partial charge >= 0.3 is 6.18 Å². The molecular formula is C26H21F3N4O2. The fraction of sp³-hybridized carbons (Fsp3) is 0.192. The number of nitrogens with zero attached hydrogens (tertiary/aromatic N) is 3. The van der Waals surface area contributed by atoms with E-state index in [9.17, 15) is 18.0 Å². The van der Waals surface area contributed by atoms with Crippen LogP contribution >= 0.6 is 0 Å². The summed E-state index contributed by atoms with van der Waals surface area (Å²) in [6.07, 6.45) is -2.82. The van der Waals surface area contributed by atoms with Gasteiger partial charge in [0.05, 0.1) is 35.6 Å². The molecule has 1 aliphatic heterocycles. The predicted octanol–water partition coefficient (Wildman–Crippen LogP) is 5.40. The normalized spacial score (nSPS) is 14.2. The van der Waals surface area contributed by atoms with Crippen molar-refractivity contribution >= 4 is 28.3 Å². The quantitative estimate of drug-likeness (QED) is 0.425. The van der Waals surface area contributed by atoms with Crippen LogP contribution in [0.25, 0.3) is 22.2 Å². The number of ether oxygens (including phenoxy) is 1. The molecule has 6 nitrogen and oxygen atoms in total. The van der Waals surface area contributed by atoms with Crippen LogP contribution in [0.1, 0.15) is 15.9 Å². The first-order chi connectivity index (χ1) is 16.9. The topological polar surface area (TPSA) is 67.4 Å². The molecule has 0 radical (unpaired) electrons. The average molecular weight is 478 g/mol. The van der Waals surface area contributed by atoms with E-state index in [0.29, 0.717) is 46.6 Å². The molecule has 0 unspecified atom stereocenters. The minimum Gasteiger partial charge on any atom is -0.378 e. The van der Waals surface area contributed by atoms with Gasteiger partial charge in [0, 0.05) is 42.0 Å². The van der Waals surface area contributed by atoms with Gasteiger partial charge in [0.25, 0.3) is 5.91 Å². The van der Waals surface area contributed by atoms with Crippen LogP contribution in [0.3, 0.4) is 0 Å². The van der Waals surface area contributed by atoms with Crippen molar-refractivity contribution in [3.05, 3.63) is 84.1 Å². The molecule has 5 rings (SSSR count). The zero-order valence-corrected chi connectivity index (χ0v) is 18.5. The van der Waals surface area contributed by atoms with E-state index in [1.165, 1.54) is 6.07 Å². The monoisotopic (exact) mass is 478 g/mol. The van der Waals surface area contributed by atoms with Gasteiger partial charge in [-0.3, -0.25) is 4.79 Å². The highest BCUT2D eigenvalue weighted by Crippen LogP contribution is 2.32. The zero-order chi connectivity index (χ0) is 24.4. The van der Waals surface area contributed by atoms with Crippen molar-refractivity contribution in [1.29, 1.82) is 0 Å². The molecule has 1 amide bonds. The zero-order valence-electron chi connectivity index (χ0n) is 18.5. The number of para-hydroxylation sites is 1. The molecule has 1 fully saturated rings. The first-order valence-electron chi connectivity index (χ1n) is 11.1. The second-order valence-electron chi connectivity index (χ2n) is 8.11. The Morgan fingerprint density at radius 1 is 0.971 bits per heavy atom. The number of carbonyl (C=O) groups excluding carboxylic acids is 1. The van der Waals surface area contributed by atoms with E-state index in [2.05, 4.69) is 20.2 Å². The molecule has 2 aromatic carbocycles. The van der Waals surface area contributed by atoms with Gasteiger partial charge in [-0.1, -0.05) is 30.3 Å². The Hall–Kier alpha value is -3.98. The second kappa shape index (κ2) is 9.34. The molecule has 1 aliphatic rings. The van der Waals surface area contributed by atoms with Gasteiger partial charge < -0.3 is 15.0 Å². The largest absolute Gasteiger partial charge is 0.416 e. The maximum Gasteiger partial charge on any atom is 0.416 e. The lowest BCUT2D eigenvalue weighted by atomic mass is 10.0. The molecule has 1 N–H and O–H groups in total. The van der Waals surface area contributed by atoms with E-state index < -0.39 is 11.7 Å². The Morgan fingerprint density at radius 3 is 2.57 bits per heavy atom. The van der Waals surface area contributed by atoms with E-state index in [0.717, 1.165) is 31.0 Å². The summed E-state index contributed by atoms with van der Waals surface area (Å²) in [4.78, 5) is 24.2. The van der Waals surface area contributed by atoms with E-state index in [4.69, 9.17) is 4.74 Å². The van der Waals surface area contributed by atoms with Crippen molar-refractivity contribution in [2.24, 2.45) is 0 Å². The maximum atomic E-state index is 13.2. The maximum absolute atomic E-state index is 13.2. The van der Waals surface area contributed by atoms with Crippen LogP contribution in [0, 0.1) is 0 Å². The minimum absolute atomic E-state index is 0.320. The standard InChI is InChI=1S/C26H21F3N4O2/c27-26(28,29)19-5-1-4-18(15-19)22-8-7-17-3-2-6-21(24(17)32-22)25(34)31-20-9-10-30-23(16-20)33-11-13-35-14-12-33/h1-10,15-16H,11-14H2,(H,30,31,34). The SMILES string of the molecule is O=C(Nc1ccnc(N2CCOCC2)c1)c1cccc2ccc(-c3cccc(C(F)(F)F)c3)nc12. The van der Waals surface area contributed by atoms with Crippen LogP contribution < -0.4 is 10.2 Å². The number of morpholine rings is 1. The number of benzene rings is 2. The number of hydrogen-bond donors (Lipinski definition) is 1. The summed E-state index contributed by atoms with van der Waals surface area (Å²) in [6.45, 7) is 2.67. The van der Waals surface area contributed by atoms with Crippen molar-refractivity contribution in [2.45, 2.75) is 6.18 Å². The highest BCUT2D eigenvalue weighted by atomic mass is 19.4. The van der Waals surface area contributed by atoms with Crippen LogP contribution in [0.2, 0.25) is 0 Å². The molecule has 1 saturated heterocycles. The highest BCUT2D eigenvalue weighted by Gasteiger charge is 2.30. The van der Waals surface area contributed by atoms with Gasteiger partial charge in [-0.15, -0.1) is 0 Å². The summed E-state index contributed by atoms with van der Waals surface area (Å²) < 4.78 is 44.9. The smallest absolute Gasteiger partial charge is 0.378 e. The Morgan fingerprint density at radius 2 is 1.77 bits per heavy atom. The Balaban J connectivity index is 1.45. The van der Waals surface area contributed by atoms with E-state index in [-0.39, 0.29) is 5.91 Å². The summed E-state index contributed by atoms with van der Waals surface area (Å²) in [5.74, 6) is 0.373. The fourth-order valence-corrected chi connectivity index (χ4v) is 4.01. The minimum atomic E-state index is -4.46. The van der Waals surface area contributed by atoms with Gasteiger partial charge in [-0.25, -0.2) is 9.97 Å². The molecule has 178 valence electrons. The van der Waals surface area contributed by atoms with Crippen molar-refractivity contribution in [1.82, 2.24) is 9.97 Å². The van der Waals surface area contributed by atoms with E-state index in [1.807, 2.05) is 0 Å². The molecule has 3 heterocycles. The summed E-state index contributed by atoms with van der Waals surface area (Å²) >= 11 is 0. The van der Waals surface area contributed by atoms with Crippen LogP contribution in [-0.4, -0.2) is 42.2 Å². The molecule has 4 aromatic rings. The lowest BCUT2D eigenvalue weighted by Crippen LogP contribution is -2.36. The summed E-state index contributed by atoms with van der Waals surface area (Å²) in [5, 5.41) is 3.60. The molecule has 0 spiro atoms. The third kappa shape index (κ3) is 4.95. The average Bonchev–Trinajstić information content (AvgIpc) is 2.88. The number of nitrogens with one attached hydrogen (secondary N) is 1. The van der Waals surface area contributed by atoms with Gasteiger partial charge in [0.1, 0.15) is 5.82 Å². The number of aromatic nitrogens is 2. The van der Waals surface area contributed by atoms with Crippen molar-refractivity contribution in [2.75, 3.05) is 36.5 Å². The molecule has 0 atom stereocenters. The van der Waals surface area contributed by atoms with Crippen molar-refractivity contribution < 1.29 is 22.7 Å². The van der Waals surface area contributed by atoms with Crippen LogP contribution in [0.15, 0.2) is 72.9 Å². The van der Waals surface area contributed by atoms with Crippen LogP contribution in [0.4, 0.5) is 24.7 Å². The van der Waals surface area contributed by atoms with Crippen molar-refractivity contribution in [3.63, 3.8) is 0 Å². The first-order valence-corrected chi connectivity index (χ1v) is 11.1. The van der Waals surface area contributed by atoms with Gasteiger partial charge in [0.15, 0.2) is 0 Å². The number of pyridine rings is 2. The van der Waals surface area contributed by atoms with Crippen molar-refractivity contribution in [3.8, 4) is 11.3 Å². The summed E-state index contributed by atoms with van der Waals surface area (Å²) in [7, 11) is 0. The Kier molecular flexibility index (Phi) is 6.08. The lowest BCUT2D eigenvalue weighted by Gasteiger charge is -2.28. The summed E-state index contributed by atoms with van der Waals surface area (Å²) in [6, 6.07) is 17.1. The third-order valence-corrected chi connectivity index (χ3v) is 5.79. The molecule has 0 saturated carbocycles. The number of carbonyl (C=O) groups is 1. The van der Waals surface area contributed by atoms with Gasteiger partial charge in [-0.2, -0.15) is 13.2 Å². The number of hydrogen-bond acceptors (Lipinski definition) is 5. The molecule has 35 heavy (non-hydrogen) atoms. The molecular weight excluding hydrogens is 457 g/mol. The first kappa shape index (κ1) is 22.8. The Bertz CT molecular complexity index is 1380. The highest BCUT2D eigenvalue weighted by molar-refractivity contribution is 6.12. The number of amides is 1. The lowest BCUT2D eigenvalue weighted by molar-refractivity contribution is -0.137. The summed E-state index contributed by atoms with van der Waals surface area (Å²) in [5.41, 5.74) is 1.22. The Labute approximate surface area is 199 Å². The molecule has 9 heteroatoms. The van der Waals surface area contributed by atoms with Crippen LogP contribution in [-0.2, 0) is 10.9 Å². The predicted molar refractivity (Wildman–Crippen MR) is 127 cm³/mol. The third-order valence-electron chi connectivity index (χ3n) is 5.79. The second-order valence-corrected chi connectivity index (χ2v) is 8.11. The molecule has 0 bridgehead atoms. The number of alkyl halides is 3. The molecule has 2 aromatic heterocycles. The number of rotatable bonds is 4. The molecule has 0 aliphatic carbocycles. The number of halogens is 3. The van der Waals surface area contributed by atoms with Gasteiger partial charge in [-0.05, 0) is 30.3 Å². The van der Waals surface area contributed by atoms with Gasteiger partial charge in [0.2, 0.25) is 0 Å².